The highest BCUT2D eigenvalue weighted by Crippen LogP contribution is 2.41. The number of hydrogen-bond donors (Lipinski definition) is 1. The summed E-state index contributed by atoms with van der Waals surface area (Å²) in [6.07, 6.45) is 6.78. The van der Waals surface area contributed by atoms with Crippen LogP contribution in [0.1, 0.15) is 43.0 Å². The molecular formula is C29H28ClN5O3. The molecule has 2 aromatic carbocycles. The Morgan fingerprint density at radius 1 is 1.24 bits per heavy atom. The molecule has 2 aliphatic heterocycles. The van der Waals surface area contributed by atoms with Gasteiger partial charge in [-0.1, -0.05) is 42.0 Å². The molecular weight excluding hydrogens is 502 g/mol. The maximum absolute atomic E-state index is 14.2. The molecule has 2 heterocycles. The van der Waals surface area contributed by atoms with Gasteiger partial charge in [0, 0.05) is 18.1 Å². The summed E-state index contributed by atoms with van der Waals surface area (Å²) in [6, 6.07) is 13.6. The number of amidine groups is 1. The fourth-order valence-electron chi connectivity index (χ4n) is 4.97. The van der Waals surface area contributed by atoms with Gasteiger partial charge in [0.15, 0.2) is 0 Å². The van der Waals surface area contributed by atoms with E-state index in [-0.39, 0.29) is 24.6 Å². The average Bonchev–Trinajstić information content (AvgIpc) is 3.56. The Labute approximate surface area is 226 Å². The van der Waals surface area contributed by atoms with Gasteiger partial charge in [-0.15, -0.1) is 0 Å². The molecule has 194 valence electrons. The maximum atomic E-state index is 14.2. The van der Waals surface area contributed by atoms with Crippen LogP contribution in [0.5, 0.6) is 5.75 Å². The van der Waals surface area contributed by atoms with Crippen molar-refractivity contribution in [1.82, 2.24) is 15.1 Å². The molecule has 1 saturated heterocycles. The first-order valence-electron chi connectivity index (χ1n) is 12.6. The zero-order chi connectivity index (χ0) is 26.8. The van der Waals surface area contributed by atoms with Crippen LogP contribution >= 0.6 is 11.6 Å². The van der Waals surface area contributed by atoms with Crippen molar-refractivity contribution >= 4 is 29.4 Å². The van der Waals surface area contributed by atoms with Crippen LogP contribution in [0, 0.1) is 11.3 Å². The maximum Gasteiger partial charge on any atom is 0.326 e. The van der Waals surface area contributed by atoms with Gasteiger partial charge in [-0.25, -0.2) is 4.79 Å². The van der Waals surface area contributed by atoms with E-state index < -0.39 is 12.1 Å². The summed E-state index contributed by atoms with van der Waals surface area (Å²) in [6.45, 7) is 4.56. The molecule has 0 radical (unpaired) electrons. The van der Waals surface area contributed by atoms with E-state index in [1.165, 1.54) is 0 Å². The van der Waals surface area contributed by atoms with Crippen molar-refractivity contribution in [3.63, 3.8) is 0 Å². The molecule has 9 heteroatoms. The standard InChI is InChI=1S/C29H28ClN5O3/c1-18(2)38-24-15-19(16-31)7-12-23(24)28-33-26(20-8-10-22(30)11-9-20)27(21-5-3-4-6-21)35(28)29(37)34-14-13-32-25(36)17-34/h3,5-12,15,18,26-27H,4,13-14,17H2,1-2H3,(H,32,36). The molecule has 0 spiro atoms. The number of nitriles is 1. The van der Waals surface area contributed by atoms with Gasteiger partial charge in [0.2, 0.25) is 5.91 Å². The monoisotopic (exact) mass is 529 g/mol. The van der Waals surface area contributed by atoms with Crippen molar-refractivity contribution in [2.75, 3.05) is 19.6 Å². The Morgan fingerprint density at radius 3 is 2.68 bits per heavy atom. The van der Waals surface area contributed by atoms with Crippen LogP contribution in [0.2, 0.25) is 5.02 Å². The number of ether oxygens (including phenoxy) is 1. The summed E-state index contributed by atoms with van der Waals surface area (Å²) in [5, 5.41) is 12.9. The molecule has 38 heavy (non-hydrogen) atoms. The van der Waals surface area contributed by atoms with Crippen molar-refractivity contribution in [3.05, 3.63) is 88.0 Å². The van der Waals surface area contributed by atoms with Crippen molar-refractivity contribution in [2.45, 2.75) is 38.5 Å². The molecule has 8 nitrogen and oxygen atoms in total. The second-order valence-corrected chi connectivity index (χ2v) is 10.1. The van der Waals surface area contributed by atoms with Gasteiger partial charge in [0.25, 0.3) is 0 Å². The van der Waals surface area contributed by atoms with E-state index in [1.54, 1.807) is 28.0 Å². The predicted octanol–water partition coefficient (Wildman–Crippen LogP) is 4.61. The van der Waals surface area contributed by atoms with Crippen LogP contribution in [-0.4, -0.2) is 59.4 Å². The fourth-order valence-corrected chi connectivity index (χ4v) is 5.10. The van der Waals surface area contributed by atoms with Crippen molar-refractivity contribution in [1.29, 1.82) is 5.26 Å². The van der Waals surface area contributed by atoms with Crippen LogP contribution in [-0.2, 0) is 4.79 Å². The first-order chi connectivity index (χ1) is 18.4. The van der Waals surface area contributed by atoms with Crippen LogP contribution < -0.4 is 10.1 Å². The normalized spacial score (nSPS) is 20.8. The number of carbonyl (C=O) groups excluding carboxylic acids is 2. The van der Waals surface area contributed by atoms with Gasteiger partial charge in [0.05, 0.1) is 29.3 Å². The van der Waals surface area contributed by atoms with E-state index >= 15 is 0 Å². The molecule has 1 aliphatic carbocycles. The second kappa shape index (κ2) is 10.7. The van der Waals surface area contributed by atoms with E-state index in [0.717, 1.165) is 17.6 Å². The summed E-state index contributed by atoms with van der Waals surface area (Å²) in [7, 11) is 0. The minimum atomic E-state index is -0.440. The predicted molar refractivity (Wildman–Crippen MR) is 145 cm³/mol. The summed E-state index contributed by atoms with van der Waals surface area (Å²) in [4.78, 5) is 34.8. The Morgan fingerprint density at radius 2 is 2.03 bits per heavy atom. The van der Waals surface area contributed by atoms with Crippen molar-refractivity contribution < 1.29 is 14.3 Å². The SMILES string of the molecule is CC(C)Oc1cc(C#N)ccc1C1=NC(c2ccc(Cl)cc2)C(C2=CCC=C2)N1C(=O)N1CCNC(=O)C1. The minimum Gasteiger partial charge on any atom is -0.490 e. The lowest BCUT2D eigenvalue weighted by Crippen LogP contribution is -2.56. The number of allylic oxidation sites excluding steroid dienone is 2. The van der Waals surface area contributed by atoms with Crippen LogP contribution in [0.25, 0.3) is 0 Å². The lowest BCUT2D eigenvalue weighted by molar-refractivity contribution is -0.123. The number of aliphatic imine (C=N–C) groups is 1. The Hall–Kier alpha value is -4.09. The number of amides is 3. The number of benzene rings is 2. The van der Waals surface area contributed by atoms with Crippen molar-refractivity contribution in [3.8, 4) is 11.8 Å². The number of rotatable bonds is 5. The Balaban J connectivity index is 1.68. The van der Waals surface area contributed by atoms with Gasteiger partial charge in [0.1, 0.15) is 24.2 Å². The zero-order valence-corrected chi connectivity index (χ0v) is 22.0. The van der Waals surface area contributed by atoms with E-state index in [2.05, 4.69) is 23.5 Å². The second-order valence-electron chi connectivity index (χ2n) is 9.65. The smallest absolute Gasteiger partial charge is 0.326 e. The highest BCUT2D eigenvalue weighted by Gasteiger charge is 2.45. The molecule has 1 N–H and O–H groups in total. The third kappa shape index (κ3) is 5.02. The highest BCUT2D eigenvalue weighted by molar-refractivity contribution is 6.30. The van der Waals surface area contributed by atoms with Gasteiger partial charge in [-0.05, 0) is 61.7 Å². The minimum absolute atomic E-state index is 0.0292. The molecule has 0 aromatic heterocycles. The Kier molecular flexibility index (Phi) is 7.21. The lowest BCUT2D eigenvalue weighted by atomic mass is 9.94. The van der Waals surface area contributed by atoms with Gasteiger partial charge < -0.3 is 15.0 Å². The summed E-state index contributed by atoms with van der Waals surface area (Å²) < 4.78 is 6.11. The van der Waals surface area contributed by atoms with Gasteiger partial charge in [-0.3, -0.25) is 14.7 Å². The van der Waals surface area contributed by atoms with Crippen LogP contribution in [0.4, 0.5) is 4.79 Å². The number of halogens is 1. The fraction of sp³-hybridized carbons (Fsp3) is 0.310. The molecule has 2 atom stereocenters. The quantitative estimate of drug-likeness (QED) is 0.611. The number of carbonyl (C=O) groups is 2. The van der Waals surface area contributed by atoms with Crippen LogP contribution in [0.3, 0.4) is 0 Å². The van der Waals surface area contributed by atoms with Crippen LogP contribution in [0.15, 0.2) is 71.3 Å². The number of nitrogens with zero attached hydrogens (tertiary/aromatic N) is 4. The van der Waals surface area contributed by atoms with E-state index in [9.17, 15) is 14.9 Å². The van der Waals surface area contributed by atoms with Gasteiger partial charge >= 0.3 is 6.03 Å². The van der Waals surface area contributed by atoms with E-state index in [4.69, 9.17) is 21.3 Å². The Bertz CT molecular complexity index is 1390. The third-order valence-electron chi connectivity index (χ3n) is 6.65. The molecule has 1 fully saturated rings. The molecule has 5 rings (SSSR count). The zero-order valence-electron chi connectivity index (χ0n) is 21.2. The topological polar surface area (TPSA) is 98.0 Å². The largest absolute Gasteiger partial charge is 0.490 e. The van der Waals surface area contributed by atoms with E-state index in [1.807, 2.05) is 44.2 Å². The molecule has 0 bridgehead atoms. The van der Waals surface area contributed by atoms with Gasteiger partial charge in [-0.2, -0.15) is 5.26 Å². The number of hydrogen-bond acceptors (Lipinski definition) is 5. The summed E-state index contributed by atoms with van der Waals surface area (Å²) >= 11 is 6.19. The molecule has 3 aliphatic rings. The molecule has 2 unspecified atom stereocenters. The third-order valence-corrected chi connectivity index (χ3v) is 6.90. The highest BCUT2D eigenvalue weighted by atomic mass is 35.5. The average molecular weight is 530 g/mol. The first-order valence-corrected chi connectivity index (χ1v) is 13.0. The molecule has 3 amide bonds. The van der Waals surface area contributed by atoms with Crippen molar-refractivity contribution in [2.24, 2.45) is 4.99 Å². The summed E-state index contributed by atoms with van der Waals surface area (Å²) in [5.74, 6) is 0.709. The number of nitrogens with one attached hydrogen (secondary N) is 1. The molecule has 0 saturated carbocycles. The number of urea groups is 1. The first kappa shape index (κ1) is 25.6. The summed E-state index contributed by atoms with van der Waals surface area (Å²) in [5.41, 5.74) is 2.93. The number of piperazine rings is 1. The molecule has 2 aromatic rings. The van der Waals surface area contributed by atoms with E-state index in [0.29, 0.717) is 40.8 Å². The lowest BCUT2D eigenvalue weighted by Gasteiger charge is -2.36.